The average molecular weight is 270 g/mol. The van der Waals surface area contributed by atoms with Gasteiger partial charge in [-0.3, -0.25) is 0 Å². The van der Waals surface area contributed by atoms with E-state index in [-0.39, 0.29) is 12.3 Å². The first-order valence-corrected chi connectivity index (χ1v) is 6.50. The Kier molecular flexibility index (Phi) is 3.28. The minimum absolute atomic E-state index is 0.0138. The van der Waals surface area contributed by atoms with Crippen LogP contribution in [0, 0.1) is 0 Å². The molecule has 12 heavy (non-hydrogen) atoms. The minimum Gasteiger partial charge on any atom is -0.329 e. The molecule has 2 N–H and O–H groups in total. The highest BCUT2D eigenvalue weighted by Crippen LogP contribution is 2.26. The summed E-state index contributed by atoms with van der Waals surface area (Å²) >= 11 is 4.41. The Bertz CT molecular complexity index is 357. The van der Waals surface area contributed by atoms with E-state index in [0.29, 0.717) is 4.21 Å². The van der Waals surface area contributed by atoms with Crippen LogP contribution in [0.25, 0.3) is 0 Å². The van der Waals surface area contributed by atoms with E-state index >= 15 is 0 Å². The van der Waals surface area contributed by atoms with Crippen LogP contribution in [-0.2, 0) is 9.84 Å². The van der Waals surface area contributed by atoms with Crippen molar-refractivity contribution in [2.24, 2.45) is 5.73 Å². The highest BCUT2D eigenvalue weighted by Gasteiger charge is 2.14. The van der Waals surface area contributed by atoms with Crippen molar-refractivity contribution in [1.82, 2.24) is 0 Å². The number of hydrogen-bond donors (Lipinski definition) is 1. The lowest BCUT2D eigenvalue weighted by Crippen LogP contribution is -2.14. The van der Waals surface area contributed by atoms with E-state index < -0.39 is 9.84 Å². The van der Waals surface area contributed by atoms with Gasteiger partial charge in [-0.05, 0) is 28.1 Å². The molecule has 0 saturated carbocycles. The zero-order valence-electron chi connectivity index (χ0n) is 6.16. The molecule has 1 heterocycles. The summed E-state index contributed by atoms with van der Waals surface area (Å²) in [7, 11) is -3.13. The fourth-order valence-electron chi connectivity index (χ4n) is 0.721. The van der Waals surface area contributed by atoms with Crippen LogP contribution in [0.5, 0.6) is 0 Å². The third-order valence-electron chi connectivity index (χ3n) is 1.24. The van der Waals surface area contributed by atoms with Gasteiger partial charge in [0.15, 0.2) is 9.84 Å². The summed E-state index contributed by atoms with van der Waals surface area (Å²) in [5.74, 6) is 0.0138. The van der Waals surface area contributed by atoms with Gasteiger partial charge in [0.2, 0.25) is 0 Å². The maximum atomic E-state index is 11.4. The van der Waals surface area contributed by atoms with E-state index in [9.17, 15) is 8.42 Å². The second-order valence-corrected chi connectivity index (χ2v) is 6.97. The second kappa shape index (κ2) is 3.87. The molecule has 68 valence electrons. The number of halogens is 1. The Labute approximate surface area is 83.6 Å². The highest BCUT2D eigenvalue weighted by atomic mass is 79.9. The van der Waals surface area contributed by atoms with Crippen LogP contribution in [0.1, 0.15) is 0 Å². The molecule has 0 unspecified atom stereocenters. The van der Waals surface area contributed by atoms with Crippen LogP contribution >= 0.6 is 27.3 Å². The molecule has 1 rings (SSSR count). The van der Waals surface area contributed by atoms with E-state index in [1.54, 1.807) is 12.1 Å². The lowest BCUT2D eigenvalue weighted by molar-refractivity contribution is 0.598. The van der Waals surface area contributed by atoms with Crippen molar-refractivity contribution in [3.63, 3.8) is 0 Å². The van der Waals surface area contributed by atoms with Gasteiger partial charge in [-0.25, -0.2) is 8.42 Å². The SMILES string of the molecule is NCCS(=O)(=O)c1ccc(Br)s1. The largest absolute Gasteiger partial charge is 0.329 e. The van der Waals surface area contributed by atoms with Gasteiger partial charge in [0.1, 0.15) is 4.21 Å². The van der Waals surface area contributed by atoms with Crippen molar-refractivity contribution < 1.29 is 8.42 Å². The summed E-state index contributed by atoms with van der Waals surface area (Å²) in [5.41, 5.74) is 5.17. The average Bonchev–Trinajstić information content (AvgIpc) is 2.36. The molecule has 0 amide bonds. The van der Waals surface area contributed by atoms with Crippen molar-refractivity contribution in [3.8, 4) is 0 Å². The van der Waals surface area contributed by atoms with Crippen LogP contribution in [0.15, 0.2) is 20.1 Å². The van der Waals surface area contributed by atoms with Crippen molar-refractivity contribution in [3.05, 3.63) is 15.9 Å². The normalized spacial score (nSPS) is 11.8. The number of hydrogen-bond acceptors (Lipinski definition) is 4. The Morgan fingerprint density at radius 3 is 2.58 bits per heavy atom. The molecule has 0 atom stereocenters. The van der Waals surface area contributed by atoms with Crippen LogP contribution < -0.4 is 5.73 Å². The first-order valence-electron chi connectivity index (χ1n) is 3.24. The molecular weight excluding hydrogens is 262 g/mol. The molecule has 0 aromatic carbocycles. The van der Waals surface area contributed by atoms with Crippen LogP contribution in [0.3, 0.4) is 0 Å². The number of thiophene rings is 1. The minimum atomic E-state index is -3.13. The van der Waals surface area contributed by atoms with Crippen molar-refractivity contribution in [1.29, 1.82) is 0 Å². The van der Waals surface area contributed by atoms with Gasteiger partial charge >= 0.3 is 0 Å². The first kappa shape index (κ1) is 10.2. The third-order valence-corrected chi connectivity index (χ3v) is 5.19. The molecule has 0 aliphatic heterocycles. The molecule has 0 aliphatic rings. The summed E-state index contributed by atoms with van der Waals surface area (Å²) < 4.78 is 23.9. The molecule has 0 aliphatic carbocycles. The zero-order chi connectivity index (χ0) is 9.19. The monoisotopic (exact) mass is 269 g/mol. The fraction of sp³-hybridized carbons (Fsp3) is 0.333. The van der Waals surface area contributed by atoms with Crippen LogP contribution in [0.4, 0.5) is 0 Å². The Balaban J connectivity index is 2.98. The van der Waals surface area contributed by atoms with Crippen molar-refractivity contribution in [2.75, 3.05) is 12.3 Å². The molecule has 0 saturated heterocycles. The third kappa shape index (κ3) is 2.29. The first-order chi connectivity index (χ1) is 5.56. The van der Waals surface area contributed by atoms with Crippen LogP contribution in [-0.4, -0.2) is 20.7 Å². The predicted molar refractivity (Wildman–Crippen MR) is 53.1 cm³/mol. The molecule has 0 radical (unpaired) electrons. The molecule has 0 bridgehead atoms. The second-order valence-electron chi connectivity index (χ2n) is 2.17. The van der Waals surface area contributed by atoms with Crippen molar-refractivity contribution >= 4 is 37.1 Å². The van der Waals surface area contributed by atoms with Gasteiger partial charge in [0.05, 0.1) is 9.54 Å². The smallest absolute Gasteiger partial charge is 0.189 e. The molecular formula is C6H8BrNO2S2. The Morgan fingerprint density at radius 2 is 2.17 bits per heavy atom. The molecule has 3 nitrogen and oxygen atoms in total. The lowest BCUT2D eigenvalue weighted by Gasteiger charge is -1.96. The summed E-state index contributed by atoms with van der Waals surface area (Å²) in [6.45, 7) is 0.165. The topological polar surface area (TPSA) is 60.2 Å². The number of sulfone groups is 1. The summed E-state index contributed by atoms with van der Waals surface area (Å²) in [6, 6.07) is 3.30. The highest BCUT2D eigenvalue weighted by molar-refractivity contribution is 9.11. The Hall–Kier alpha value is 0.0900. The maximum absolute atomic E-state index is 11.4. The van der Waals surface area contributed by atoms with E-state index in [1.807, 2.05) is 0 Å². The van der Waals surface area contributed by atoms with E-state index in [1.165, 1.54) is 11.3 Å². The van der Waals surface area contributed by atoms with Gasteiger partial charge < -0.3 is 5.73 Å². The molecule has 0 fully saturated rings. The molecule has 0 spiro atoms. The molecule has 1 aromatic heterocycles. The quantitative estimate of drug-likeness (QED) is 0.899. The molecule has 1 aromatic rings. The number of rotatable bonds is 3. The van der Waals surface area contributed by atoms with Gasteiger partial charge in [0.25, 0.3) is 0 Å². The summed E-state index contributed by atoms with van der Waals surface area (Å²) in [6.07, 6.45) is 0. The van der Waals surface area contributed by atoms with Gasteiger partial charge in [0, 0.05) is 6.54 Å². The lowest BCUT2D eigenvalue weighted by atomic mass is 10.7. The van der Waals surface area contributed by atoms with E-state index in [4.69, 9.17) is 5.73 Å². The predicted octanol–water partition coefficient (Wildman–Crippen LogP) is 1.24. The summed E-state index contributed by atoms with van der Waals surface area (Å²) in [4.78, 5) is 0. The van der Waals surface area contributed by atoms with Gasteiger partial charge in [-0.2, -0.15) is 0 Å². The Morgan fingerprint density at radius 1 is 1.50 bits per heavy atom. The maximum Gasteiger partial charge on any atom is 0.189 e. The van der Waals surface area contributed by atoms with Crippen molar-refractivity contribution in [2.45, 2.75) is 4.21 Å². The standard InChI is InChI=1S/C6H8BrNO2S2/c7-5-1-2-6(11-5)12(9,10)4-3-8/h1-2H,3-4,8H2. The van der Waals surface area contributed by atoms with Gasteiger partial charge in [-0.15, -0.1) is 11.3 Å². The van der Waals surface area contributed by atoms with Gasteiger partial charge in [-0.1, -0.05) is 0 Å². The zero-order valence-corrected chi connectivity index (χ0v) is 9.38. The van der Waals surface area contributed by atoms with E-state index in [2.05, 4.69) is 15.9 Å². The number of nitrogens with two attached hydrogens (primary N) is 1. The fourth-order valence-corrected chi connectivity index (χ4v) is 3.98. The summed E-state index contributed by atoms with van der Waals surface area (Å²) in [5, 5.41) is 0. The molecule has 6 heteroatoms. The van der Waals surface area contributed by atoms with Crippen LogP contribution in [0.2, 0.25) is 0 Å². The van der Waals surface area contributed by atoms with E-state index in [0.717, 1.165) is 3.79 Å².